The van der Waals surface area contributed by atoms with Crippen LogP contribution in [0.15, 0.2) is 30.3 Å². The summed E-state index contributed by atoms with van der Waals surface area (Å²) in [7, 11) is 0. The number of rotatable bonds is 0. The second kappa shape index (κ2) is 2.88. The SMILES string of the molecule is O=C1OC(=O)c2cc(F)cc3cccc1c23. The van der Waals surface area contributed by atoms with Gasteiger partial charge in [0.15, 0.2) is 0 Å². The van der Waals surface area contributed by atoms with Crippen molar-refractivity contribution in [2.45, 2.75) is 0 Å². The number of carbonyl (C=O) groups excluding carboxylic acids is 2. The first-order chi connectivity index (χ1) is 7.66. The second-order valence-electron chi connectivity index (χ2n) is 3.53. The highest BCUT2D eigenvalue weighted by Gasteiger charge is 2.27. The molecule has 0 N–H and O–H groups in total. The first kappa shape index (κ1) is 9.03. The van der Waals surface area contributed by atoms with Gasteiger partial charge in [-0.1, -0.05) is 12.1 Å². The van der Waals surface area contributed by atoms with E-state index in [4.69, 9.17) is 0 Å². The number of ether oxygens (including phenoxy) is 1. The fourth-order valence-corrected chi connectivity index (χ4v) is 1.92. The van der Waals surface area contributed by atoms with E-state index in [-0.39, 0.29) is 5.56 Å². The van der Waals surface area contributed by atoms with Crippen molar-refractivity contribution in [3.63, 3.8) is 0 Å². The molecule has 1 aliphatic heterocycles. The zero-order chi connectivity index (χ0) is 11.3. The van der Waals surface area contributed by atoms with Gasteiger partial charge in [0.1, 0.15) is 5.82 Å². The minimum Gasteiger partial charge on any atom is -0.386 e. The van der Waals surface area contributed by atoms with E-state index < -0.39 is 17.8 Å². The highest BCUT2D eigenvalue weighted by atomic mass is 19.1. The number of cyclic esters (lactones) is 2. The molecular weight excluding hydrogens is 211 g/mol. The number of esters is 2. The molecule has 2 aromatic carbocycles. The average Bonchev–Trinajstić information content (AvgIpc) is 2.25. The number of hydrogen-bond donors (Lipinski definition) is 0. The average molecular weight is 216 g/mol. The standard InChI is InChI=1S/C12H5FO3/c13-7-4-6-2-1-3-8-10(6)9(5-7)12(15)16-11(8)14/h1-5H. The molecule has 4 heteroatoms. The van der Waals surface area contributed by atoms with Gasteiger partial charge in [0.2, 0.25) is 0 Å². The summed E-state index contributed by atoms with van der Waals surface area (Å²) in [6, 6.07) is 7.20. The third-order valence-corrected chi connectivity index (χ3v) is 2.57. The van der Waals surface area contributed by atoms with Crippen molar-refractivity contribution < 1.29 is 18.7 Å². The predicted molar refractivity (Wildman–Crippen MR) is 53.7 cm³/mol. The summed E-state index contributed by atoms with van der Waals surface area (Å²) < 4.78 is 17.7. The van der Waals surface area contributed by atoms with Gasteiger partial charge in [0.05, 0.1) is 11.1 Å². The zero-order valence-corrected chi connectivity index (χ0v) is 7.99. The van der Waals surface area contributed by atoms with Crippen molar-refractivity contribution in [1.29, 1.82) is 0 Å². The molecule has 0 bridgehead atoms. The Bertz CT molecular complexity index is 646. The normalized spacial score (nSPS) is 14.1. The topological polar surface area (TPSA) is 43.4 Å². The van der Waals surface area contributed by atoms with Gasteiger partial charge in [-0.05, 0) is 23.6 Å². The van der Waals surface area contributed by atoms with Crippen LogP contribution in [0.25, 0.3) is 10.8 Å². The van der Waals surface area contributed by atoms with Crippen molar-refractivity contribution in [2.24, 2.45) is 0 Å². The van der Waals surface area contributed by atoms with Crippen LogP contribution in [0, 0.1) is 5.82 Å². The first-order valence-corrected chi connectivity index (χ1v) is 4.65. The van der Waals surface area contributed by atoms with E-state index in [0.717, 1.165) is 6.07 Å². The maximum Gasteiger partial charge on any atom is 0.346 e. The highest BCUT2D eigenvalue weighted by molar-refractivity contribution is 6.20. The second-order valence-corrected chi connectivity index (χ2v) is 3.53. The molecule has 1 heterocycles. The molecule has 0 aliphatic carbocycles. The van der Waals surface area contributed by atoms with Crippen LogP contribution in [0.5, 0.6) is 0 Å². The molecule has 0 amide bonds. The number of halogens is 1. The molecule has 0 spiro atoms. The van der Waals surface area contributed by atoms with Gasteiger partial charge < -0.3 is 4.74 Å². The van der Waals surface area contributed by atoms with Gasteiger partial charge in [0.25, 0.3) is 0 Å². The van der Waals surface area contributed by atoms with Crippen molar-refractivity contribution in [1.82, 2.24) is 0 Å². The molecule has 0 saturated heterocycles. The summed E-state index contributed by atoms with van der Waals surface area (Å²) in [5, 5.41) is 0.989. The van der Waals surface area contributed by atoms with E-state index >= 15 is 0 Å². The largest absolute Gasteiger partial charge is 0.386 e. The van der Waals surface area contributed by atoms with Crippen LogP contribution in [0.2, 0.25) is 0 Å². The summed E-state index contributed by atoms with van der Waals surface area (Å²) >= 11 is 0. The summed E-state index contributed by atoms with van der Waals surface area (Å²) in [6.45, 7) is 0. The maximum atomic E-state index is 13.2. The van der Waals surface area contributed by atoms with Crippen LogP contribution in [-0.4, -0.2) is 11.9 Å². The van der Waals surface area contributed by atoms with Crippen molar-refractivity contribution in [3.05, 3.63) is 47.3 Å². The lowest BCUT2D eigenvalue weighted by atomic mass is 9.97. The summed E-state index contributed by atoms with van der Waals surface area (Å²) in [6.07, 6.45) is 0. The molecular formula is C12H5FO3. The Morgan fingerprint density at radius 3 is 2.56 bits per heavy atom. The fourth-order valence-electron chi connectivity index (χ4n) is 1.92. The van der Waals surface area contributed by atoms with Crippen LogP contribution >= 0.6 is 0 Å². The fraction of sp³-hybridized carbons (Fsp3) is 0. The van der Waals surface area contributed by atoms with Crippen molar-refractivity contribution >= 4 is 22.7 Å². The lowest BCUT2D eigenvalue weighted by Crippen LogP contribution is -2.19. The van der Waals surface area contributed by atoms with Gasteiger partial charge in [-0.15, -0.1) is 0 Å². The Morgan fingerprint density at radius 1 is 1.00 bits per heavy atom. The molecule has 1 aliphatic rings. The predicted octanol–water partition coefficient (Wildman–Crippen LogP) is 2.29. The van der Waals surface area contributed by atoms with Crippen LogP contribution in [-0.2, 0) is 4.74 Å². The van der Waals surface area contributed by atoms with E-state index in [1.807, 2.05) is 0 Å². The van der Waals surface area contributed by atoms with E-state index in [2.05, 4.69) is 4.74 Å². The molecule has 2 aromatic rings. The Kier molecular flexibility index (Phi) is 1.63. The molecule has 3 rings (SSSR count). The van der Waals surface area contributed by atoms with Gasteiger partial charge in [-0.2, -0.15) is 0 Å². The summed E-state index contributed by atoms with van der Waals surface area (Å²) in [5.74, 6) is -2.01. The Morgan fingerprint density at radius 2 is 1.75 bits per heavy atom. The van der Waals surface area contributed by atoms with Crippen LogP contribution in [0.3, 0.4) is 0 Å². The zero-order valence-electron chi connectivity index (χ0n) is 7.99. The van der Waals surface area contributed by atoms with Crippen molar-refractivity contribution in [2.75, 3.05) is 0 Å². The summed E-state index contributed by atoms with van der Waals surface area (Å²) in [4.78, 5) is 22.9. The molecule has 0 saturated carbocycles. The lowest BCUT2D eigenvalue weighted by Gasteiger charge is -2.14. The van der Waals surface area contributed by atoms with Gasteiger partial charge in [0, 0.05) is 5.39 Å². The minimum atomic E-state index is -0.798. The van der Waals surface area contributed by atoms with E-state index in [1.54, 1.807) is 18.2 Å². The monoisotopic (exact) mass is 216 g/mol. The smallest absolute Gasteiger partial charge is 0.346 e. The van der Waals surface area contributed by atoms with E-state index in [0.29, 0.717) is 16.3 Å². The molecule has 0 unspecified atom stereocenters. The third kappa shape index (κ3) is 1.07. The molecule has 0 fully saturated rings. The quantitative estimate of drug-likeness (QED) is 0.501. The molecule has 16 heavy (non-hydrogen) atoms. The Labute approximate surface area is 89.4 Å². The van der Waals surface area contributed by atoms with Gasteiger partial charge in [-0.3, -0.25) is 0 Å². The van der Waals surface area contributed by atoms with Crippen LogP contribution in [0.4, 0.5) is 4.39 Å². The number of benzene rings is 2. The highest BCUT2D eigenvalue weighted by Crippen LogP contribution is 2.29. The minimum absolute atomic E-state index is 0.102. The molecule has 0 aromatic heterocycles. The van der Waals surface area contributed by atoms with Crippen molar-refractivity contribution in [3.8, 4) is 0 Å². The molecule has 0 radical (unpaired) electrons. The Balaban J connectivity index is 2.55. The Hall–Kier alpha value is -2.23. The van der Waals surface area contributed by atoms with Crippen LogP contribution in [0.1, 0.15) is 20.7 Å². The lowest BCUT2D eigenvalue weighted by molar-refractivity contribution is 0.0391. The summed E-state index contributed by atoms with van der Waals surface area (Å²) in [5.41, 5.74) is 0.400. The number of hydrogen-bond acceptors (Lipinski definition) is 3. The van der Waals surface area contributed by atoms with E-state index in [9.17, 15) is 14.0 Å². The molecule has 0 atom stereocenters. The molecule has 78 valence electrons. The van der Waals surface area contributed by atoms with Gasteiger partial charge in [-0.25, -0.2) is 14.0 Å². The van der Waals surface area contributed by atoms with E-state index in [1.165, 1.54) is 6.07 Å². The van der Waals surface area contributed by atoms with Crippen LogP contribution < -0.4 is 0 Å². The molecule has 3 nitrogen and oxygen atoms in total. The van der Waals surface area contributed by atoms with Gasteiger partial charge >= 0.3 is 11.9 Å². The first-order valence-electron chi connectivity index (χ1n) is 4.65. The number of carbonyl (C=O) groups is 2. The maximum absolute atomic E-state index is 13.2. The third-order valence-electron chi connectivity index (χ3n) is 2.57.